The van der Waals surface area contributed by atoms with Crippen LogP contribution in [0.4, 0.5) is 4.79 Å². The first-order chi connectivity index (χ1) is 11.0. The highest BCUT2D eigenvalue weighted by molar-refractivity contribution is 8.39. The van der Waals surface area contributed by atoms with E-state index in [0.717, 1.165) is 34.5 Å². The molecule has 0 bridgehead atoms. The summed E-state index contributed by atoms with van der Waals surface area (Å²) in [6.07, 6.45) is 3.07. The summed E-state index contributed by atoms with van der Waals surface area (Å²) >= 11 is 2.96. The standard InChI is InChI=1S/C14H20N4O3S2/c1-9-2-4-14(5-3-9)11(20)18(12(21)16-14)17-10(19)8-23-13-15-6-7-22-13/h9H,2-8H2,1H3,(H,16,21)(H,17,19). The SMILES string of the molecule is CC1CCC2(CC1)NC(=O)N(NC(=O)CSC1=NCCS1)C2=O. The molecular formula is C14H20N4O3S2. The van der Waals surface area contributed by atoms with Crippen LogP contribution < -0.4 is 10.7 Å². The van der Waals surface area contributed by atoms with Crippen molar-refractivity contribution >= 4 is 45.7 Å². The van der Waals surface area contributed by atoms with Gasteiger partial charge in [0.05, 0.1) is 12.3 Å². The molecule has 0 aromatic heterocycles. The van der Waals surface area contributed by atoms with Gasteiger partial charge in [0.1, 0.15) is 9.91 Å². The van der Waals surface area contributed by atoms with Crippen LogP contribution in [-0.2, 0) is 9.59 Å². The number of hydrazine groups is 1. The molecule has 0 aromatic rings. The summed E-state index contributed by atoms with van der Waals surface area (Å²) in [5.41, 5.74) is 1.61. The third kappa shape index (κ3) is 3.50. The smallest absolute Gasteiger partial charge is 0.322 e. The predicted molar refractivity (Wildman–Crippen MR) is 91.1 cm³/mol. The second-order valence-electron chi connectivity index (χ2n) is 6.16. The van der Waals surface area contributed by atoms with Crippen molar-refractivity contribution in [2.24, 2.45) is 10.9 Å². The summed E-state index contributed by atoms with van der Waals surface area (Å²) in [5, 5.41) is 3.63. The predicted octanol–water partition coefficient (Wildman–Crippen LogP) is 1.35. The number of rotatable bonds is 3. The van der Waals surface area contributed by atoms with E-state index in [0.29, 0.717) is 18.8 Å². The van der Waals surface area contributed by atoms with Gasteiger partial charge in [0.15, 0.2) is 0 Å². The number of carbonyl (C=O) groups is 3. The zero-order valence-electron chi connectivity index (χ0n) is 13.0. The van der Waals surface area contributed by atoms with Crippen LogP contribution >= 0.6 is 23.5 Å². The zero-order valence-corrected chi connectivity index (χ0v) is 14.6. The average molecular weight is 356 g/mol. The Bertz CT molecular complexity index is 558. The highest BCUT2D eigenvalue weighted by Gasteiger charge is 2.52. The van der Waals surface area contributed by atoms with Gasteiger partial charge in [-0.1, -0.05) is 30.4 Å². The van der Waals surface area contributed by atoms with Gasteiger partial charge < -0.3 is 5.32 Å². The van der Waals surface area contributed by atoms with Crippen molar-refractivity contribution in [1.82, 2.24) is 15.8 Å². The van der Waals surface area contributed by atoms with E-state index in [1.165, 1.54) is 11.8 Å². The molecule has 0 radical (unpaired) electrons. The Morgan fingerprint density at radius 2 is 2.22 bits per heavy atom. The number of urea groups is 1. The lowest BCUT2D eigenvalue weighted by Gasteiger charge is -2.33. The summed E-state index contributed by atoms with van der Waals surface area (Å²) in [4.78, 5) is 40.9. The topological polar surface area (TPSA) is 90.9 Å². The van der Waals surface area contributed by atoms with E-state index in [2.05, 4.69) is 22.7 Å². The molecule has 2 fully saturated rings. The second-order valence-corrected chi connectivity index (χ2v) is 8.46. The molecule has 2 heterocycles. The lowest BCUT2D eigenvalue weighted by Crippen LogP contribution is -2.51. The molecule has 23 heavy (non-hydrogen) atoms. The highest BCUT2D eigenvalue weighted by atomic mass is 32.2. The van der Waals surface area contributed by atoms with E-state index in [1.54, 1.807) is 11.8 Å². The number of amides is 4. The lowest BCUT2D eigenvalue weighted by atomic mass is 9.77. The molecule has 3 aliphatic rings. The van der Waals surface area contributed by atoms with E-state index in [-0.39, 0.29) is 17.6 Å². The molecule has 7 nitrogen and oxygen atoms in total. The zero-order chi connectivity index (χ0) is 16.4. The summed E-state index contributed by atoms with van der Waals surface area (Å²) in [6.45, 7) is 2.93. The van der Waals surface area contributed by atoms with Crippen LogP contribution in [0, 0.1) is 5.92 Å². The number of nitrogens with one attached hydrogen (secondary N) is 2. The van der Waals surface area contributed by atoms with E-state index < -0.39 is 11.6 Å². The number of imide groups is 1. The molecule has 9 heteroatoms. The fourth-order valence-electron chi connectivity index (χ4n) is 3.00. The number of hydrogen-bond donors (Lipinski definition) is 2. The van der Waals surface area contributed by atoms with Crippen molar-refractivity contribution in [1.29, 1.82) is 0 Å². The molecular weight excluding hydrogens is 336 g/mol. The van der Waals surface area contributed by atoms with Gasteiger partial charge in [-0.25, -0.2) is 4.79 Å². The van der Waals surface area contributed by atoms with E-state index in [4.69, 9.17) is 0 Å². The number of hydrogen-bond acceptors (Lipinski definition) is 6. The third-order valence-electron chi connectivity index (χ3n) is 4.41. The maximum absolute atomic E-state index is 12.6. The molecule has 2 aliphatic heterocycles. The number of aliphatic imine (C=N–C) groups is 1. The van der Waals surface area contributed by atoms with E-state index >= 15 is 0 Å². The molecule has 126 valence electrons. The Hall–Kier alpha value is -1.22. The van der Waals surface area contributed by atoms with E-state index in [9.17, 15) is 14.4 Å². The van der Waals surface area contributed by atoms with Gasteiger partial charge in [-0.2, -0.15) is 5.01 Å². The third-order valence-corrected chi connectivity index (χ3v) is 6.66. The quantitative estimate of drug-likeness (QED) is 0.745. The van der Waals surface area contributed by atoms with Gasteiger partial charge in [-0.15, -0.1) is 0 Å². The number of thioether (sulfide) groups is 2. The van der Waals surface area contributed by atoms with Crippen molar-refractivity contribution in [2.75, 3.05) is 18.1 Å². The first-order valence-electron chi connectivity index (χ1n) is 7.76. The van der Waals surface area contributed by atoms with Crippen LogP contribution in [-0.4, -0.2) is 50.8 Å². The van der Waals surface area contributed by atoms with Crippen molar-refractivity contribution in [3.63, 3.8) is 0 Å². The highest BCUT2D eigenvalue weighted by Crippen LogP contribution is 2.35. The Morgan fingerprint density at radius 3 is 2.87 bits per heavy atom. The minimum absolute atomic E-state index is 0.146. The molecule has 0 unspecified atom stereocenters. The second kappa shape index (κ2) is 6.72. The van der Waals surface area contributed by atoms with Crippen LogP contribution in [0.5, 0.6) is 0 Å². The summed E-state index contributed by atoms with van der Waals surface area (Å²) in [7, 11) is 0. The largest absolute Gasteiger partial charge is 0.344 e. The molecule has 0 atom stereocenters. The van der Waals surface area contributed by atoms with Gasteiger partial charge in [0.2, 0.25) is 5.91 Å². The van der Waals surface area contributed by atoms with Gasteiger partial charge in [-0.05, 0) is 31.6 Å². The number of nitrogens with zero attached hydrogens (tertiary/aromatic N) is 2. The molecule has 2 N–H and O–H groups in total. The van der Waals surface area contributed by atoms with Crippen molar-refractivity contribution in [2.45, 2.75) is 38.1 Å². The molecule has 0 aromatic carbocycles. The lowest BCUT2D eigenvalue weighted by molar-refractivity contribution is -0.139. The van der Waals surface area contributed by atoms with Crippen LogP contribution in [0.2, 0.25) is 0 Å². The normalized spacial score (nSPS) is 30.6. The fourth-order valence-corrected chi connectivity index (χ4v) is 4.80. The van der Waals surface area contributed by atoms with Crippen LogP contribution in [0.25, 0.3) is 0 Å². The average Bonchev–Trinajstić information content (AvgIpc) is 3.12. The molecule has 1 aliphatic carbocycles. The maximum atomic E-state index is 12.6. The Kier molecular flexibility index (Phi) is 4.86. The molecule has 1 saturated heterocycles. The van der Waals surface area contributed by atoms with Crippen molar-refractivity contribution < 1.29 is 14.4 Å². The minimum Gasteiger partial charge on any atom is -0.322 e. The monoisotopic (exact) mass is 356 g/mol. The maximum Gasteiger partial charge on any atom is 0.344 e. The Morgan fingerprint density at radius 1 is 1.48 bits per heavy atom. The van der Waals surface area contributed by atoms with Crippen LogP contribution in [0.1, 0.15) is 32.6 Å². The van der Waals surface area contributed by atoms with Crippen LogP contribution in [0.15, 0.2) is 4.99 Å². The summed E-state index contributed by atoms with van der Waals surface area (Å²) in [5.74, 6) is 0.954. The van der Waals surface area contributed by atoms with Crippen molar-refractivity contribution in [3.8, 4) is 0 Å². The fraction of sp³-hybridized carbons (Fsp3) is 0.714. The Balaban J connectivity index is 1.56. The molecule has 1 spiro atoms. The molecule has 3 rings (SSSR count). The van der Waals surface area contributed by atoms with Crippen molar-refractivity contribution in [3.05, 3.63) is 0 Å². The minimum atomic E-state index is -0.824. The summed E-state index contributed by atoms with van der Waals surface area (Å²) in [6, 6.07) is -0.532. The molecule has 4 amide bonds. The first-order valence-corrected chi connectivity index (χ1v) is 9.73. The Labute approximate surface area is 143 Å². The van der Waals surface area contributed by atoms with Gasteiger partial charge in [-0.3, -0.25) is 20.0 Å². The molecule has 1 saturated carbocycles. The van der Waals surface area contributed by atoms with E-state index in [1.807, 2.05) is 0 Å². The first kappa shape index (κ1) is 16.6. The van der Waals surface area contributed by atoms with Crippen LogP contribution in [0.3, 0.4) is 0 Å². The van der Waals surface area contributed by atoms with Gasteiger partial charge >= 0.3 is 6.03 Å². The summed E-state index contributed by atoms with van der Waals surface area (Å²) < 4.78 is 0.884. The van der Waals surface area contributed by atoms with Gasteiger partial charge in [0, 0.05) is 5.75 Å². The number of carbonyl (C=O) groups excluding carboxylic acids is 3. The van der Waals surface area contributed by atoms with Gasteiger partial charge in [0.25, 0.3) is 5.91 Å².